The first kappa shape index (κ1) is 14.8. The van der Waals surface area contributed by atoms with Crippen molar-refractivity contribution in [1.29, 1.82) is 0 Å². The molecule has 21 heavy (non-hydrogen) atoms. The third kappa shape index (κ3) is 3.92. The van der Waals surface area contributed by atoms with Crippen molar-refractivity contribution in [2.45, 2.75) is 13.5 Å². The van der Waals surface area contributed by atoms with Gasteiger partial charge in [0.15, 0.2) is 0 Å². The van der Waals surface area contributed by atoms with Gasteiger partial charge in [0.1, 0.15) is 6.54 Å². The van der Waals surface area contributed by atoms with Crippen LogP contribution in [0, 0.1) is 6.92 Å². The fourth-order valence-electron chi connectivity index (χ4n) is 2.15. The van der Waals surface area contributed by atoms with Crippen LogP contribution in [0.1, 0.15) is 21.5 Å². The predicted octanol–water partition coefficient (Wildman–Crippen LogP) is 2.72. The number of hydrogen-bond acceptors (Lipinski definition) is 2. The lowest BCUT2D eigenvalue weighted by molar-refractivity contribution is -0.137. The number of rotatable bonds is 5. The van der Waals surface area contributed by atoms with Crippen LogP contribution >= 0.6 is 0 Å². The Morgan fingerprint density at radius 1 is 1.00 bits per heavy atom. The van der Waals surface area contributed by atoms with E-state index in [1.807, 2.05) is 49.4 Å². The van der Waals surface area contributed by atoms with Gasteiger partial charge in [-0.15, -0.1) is 0 Å². The SMILES string of the molecule is Cc1ccccc1C(=O)N(CC(=O)O)Cc1ccccc1. The van der Waals surface area contributed by atoms with Gasteiger partial charge in [0.2, 0.25) is 0 Å². The number of nitrogens with zero attached hydrogens (tertiary/aromatic N) is 1. The zero-order chi connectivity index (χ0) is 15.2. The molecule has 0 aliphatic rings. The molecule has 0 radical (unpaired) electrons. The first-order valence-corrected chi connectivity index (χ1v) is 6.68. The highest BCUT2D eigenvalue weighted by Crippen LogP contribution is 2.13. The van der Waals surface area contributed by atoms with E-state index < -0.39 is 5.97 Å². The molecule has 1 N–H and O–H groups in total. The van der Waals surface area contributed by atoms with Crippen molar-refractivity contribution in [2.75, 3.05) is 6.54 Å². The summed E-state index contributed by atoms with van der Waals surface area (Å²) in [6.45, 7) is 1.80. The van der Waals surface area contributed by atoms with Gasteiger partial charge in [0, 0.05) is 12.1 Å². The Hall–Kier alpha value is -2.62. The average molecular weight is 283 g/mol. The highest BCUT2D eigenvalue weighted by Gasteiger charge is 2.20. The van der Waals surface area contributed by atoms with E-state index in [0.717, 1.165) is 11.1 Å². The summed E-state index contributed by atoms with van der Waals surface area (Å²) in [6.07, 6.45) is 0. The van der Waals surface area contributed by atoms with Crippen LogP contribution in [-0.4, -0.2) is 28.4 Å². The maximum Gasteiger partial charge on any atom is 0.323 e. The Kier molecular flexibility index (Phi) is 4.72. The molecule has 2 aromatic rings. The molecule has 4 nitrogen and oxygen atoms in total. The van der Waals surface area contributed by atoms with Crippen LogP contribution < -0.4 is 0 Å². The van der Waals surface area contributed by atoms with Crippen molar-refractivity contribution < 1.29 is 14.7 Å². The summed E-state index contributed by atoms with van der Waals surface area (Å²) >= 11 is 0. The molecule has 0 atom stereocenters. The summed E-state index contributed by atoms with van der Waals surface area (Å²) in [5.74, 6) is -1.28. The van der Waals surface area contributed by atoms with Crippen LogP contribution in [0.3, 0.4) is 0 Å². The lowest BCUT2D eigenvalue weighted by Crippen LogP contribution is -2.35. The maximum atomic E-state index is 12.6. The van der Waals surface area contributed by atoms with Gasteiger partial charge in [0.05, 0.1) is 0 Å². The number of benzene rings is 2. The summed E-state index contributed by atoms with van der Waals surface area (Å²) in [4.78, 5) is 24.9. The van der Waals surface area contributed by atoms with Gasteiger partial charge in [-0.25, -0.2) is 0 Å². The smallest absolute Gasteiger partial charge is 0.323 e. The Morgan fingerprint density at radius 2 is 1.62 bits per heavy atom. The molecule has 2 rings (SSSR count). The Morgan fingerprint density at radius 3 is 2.24 bits per heavy atom. The monoisotopic (exact) mass is 283 g/mol. The molecule has 0 aliphatic carbocycles. The summed E-state index contributed by atoms with van der Waals surface area (Å²) in [5.41, 5.74) is 2.28. The Labute approximate surface area is 123 Å². The molecule has 0 saturated carbocycles. The van der Waals surface area contributed by atoms with Crippen molar-refractivity contribution >= 4 is 11.9 Å². The van der Waals surface area contributed by atoms with Crippen LogP contribution in [0.5, 0.6) is 0 Å². The Bertz CT molecular complexity index is 637. The summed E-state index contributed by atoms with van der Waals surface area (Å²) < 4.78 is 0. The minimum Gasteiger partial charge on any atom is -0.480 e. The second kappa shape index (κ2) is 6.70. The number of aliphatic carboxylic acids is 1. The molecular weight excluding hydrogens is 266 g/mol. The van der Waals surface area contributed by atoms with E-state index in [9.17, 15) is 9.59 Å². The van der Waals surface area contributed by atoms with E-state index in [2.05, 4.69) is 0 Å². The largest absolute Gasteiger partial charge is 0.480 e. The minimum atomic E-state index is -1.02. The Balaban J connectivity index is 2.25. The van der Waals surface area contributed by atoms with E-state index in [4.69, 9.17) is 5.11 Å². The second-order valence-corrected chi connectivity index (χ2v) is 4.86. The van der Waals surface area contributed by atoms with Gasteiger partial charge in [0.25, 0.3) is 5.91 Å². The van der Waals surface area contributed by atoms with E-state index in [1.54, 1.807) is 12.1 Å². The fourth-order valence-corrected chi connectivity index (χ4v) is 2.15. The lowest BCUT2D eigenvalue weighted by atomic mass is 10.1. The first-order valence-electron chi connectivity index (χ1n) is 6.68. The standard InChI is InChI=1S/C17H17NO3/c1-13-7-5-6-10-15(13)17(21)18(12-16(19)20)11-14-8-3-2-4-9-14/h2-10H,11-12H2,1H3,(H,19,20). The van der Waals surface area contributed by atoms with Crippen molar-refractivity contribution in [3.63, 3.8) is 0 Å². The van der Waals surface area contributed by atoms with Crippen molar-refractivity contribution in [3.05, 3.63) is 71.3 Å². The van der Waals surface area contributed by atoms with Gasteiger partial charge < -0.3 is 10.0 Å². The molecule has 1 amide bonds. The van der Waals surface area contributed by atoms with E-state index in [1.165, 1.54) is 4.90 Å². The van der Waals surface area contributed by atoms with Gasteiger partial charge >= 0.3 is 5.97 Å². The van der Waals surface area contributed by atoms with Crippen molar-refractivity contribution in [1.82, 2.24) is 4.90 Å². The normalized spacial score (nSPS) is 10.1. The summed E-state index contributed by atoms with van der Waals surface area (Å²) in [6, 6.07) is 16.6. The molecule has 108 valence electrons. The number of hydrogen-bond donors (Lipinski definition) is 1. The van der Waals surface area contributed by atoms with Crippen LogP contribution in [0.4, 0.5) is 0 Å². The van der Waals surface area contributed by atoms with Gasteiger partial charge in [-0.1, -0.05) is 48.5 Å². The third-order valence-electron chi connectivity index (χ3n) is 3.21. The highest BCUT2D eigenvalue weighted by atomic mass is 16.4. The fraction of sp³-hybridized carbons (Fsp3) is 0.176. The van der Waals surface area contributed by atoms with Crippen LogP contribution in [-0.2, 0) is 11.3 Å². The van der Waals surface area contributed by atoms with E-state index in [-0.39, 0.29) is 19.0 Å². The van der Waals surface area contributed by atoms with Crippen molar-refractivity contribution in [2.24, 2.45) is 0 Å². The molecule has 2 aromatic carbocycles. The third-order valence-corrected chi connectivity index (χ3v) is 3.21. The lowest BCUT2D eigenvalue weighted by Gasteiger charge is -2.21. The van der Waals surface area contributed by atoms with Gasteiger partial charge in [-0.2, -0.15) is 0 Å². The van der Waals surface area contributed by atoms with Gasteiger partial charge in [-0.05, 0) is 24.1 Å². The van der Waals surface area contributed by atoms with Gasteiger partial charge in [-0.3, -0.25) is 9.59 Å². The van der Waals surface area contributed by atoms with Crippen LogP contribution in [0.2, 0.25) is 0 Å². The number of carboxylic acid groups (broad SMARTS) is 1. The quantitative estimate of drug-likeness (QED) is 0.918. The number of carboxylic acids is 1. The molecule has 0 aromatic heterocycles. The molecule has 0 saturated heterocycles. The van der Waals surface area contributed by atoms with Crippen LogP contribution in [0.25, 0.3) is 0 Å². The molecule has 0 heterocycles. The van der Waals surface area contributed by atoms with Crippen molar-refractivity contribution in [3.8, 4) is 0 Å². The molecule has 4 heteroatoms. The average Bonchev–Trinajstić information content (AvgIpc) is 2.47. The summed E-state index contributed by atoms with van der Waals surface area (Å²) in [5, 5.41) is 9.03. The van der Waals surface area contributed by atoms with E-state index in [0.29, 0.717) is 5.56 Å². The topological polar surface area (TPSA) is 57.6 Å². The molecule has 0 unspecified atom stereocenters. The zero-order valence-electron chi connectivity index (χ0n) is 11.8. The number of carbonyl (C=O) groups is 2. The summed E-state index contributed by atoms with van der Waals surface area (Å²) in [7, 11) is 0. The number of aryl methyl sites for hydroxylation is 1. The zero-order valence-corrected chi connectivity index (χ0v) is 11.8. The first-order chi connectivity index (χ1) is 10.1. The molecule has 0 bridgehead atoms. The second-order valence-electron chi connectivity index (χ2n) is 4.86. The highest BCUT2D eigenvalue weighted by molar-refractivity contribution is 5.97. The molecule has 0 fully saturated rings. The minimum absolute atomic E-state index is 0.264. The molecular formula is C17H17NO3. The number of amides is 1. The molecule has 0 aliphatic heterocycles. The maximum absolute atomic E-state index is 12.6. The van der Waals surface area contributed by atoms with Crippen LogP contribution in [0.15, 0.2) is 54.6 Å². The van der Waals surface area contributed by atoms with E-state index >= 15 is 0 Å². The predicted molar refractivity (Wildman–Crippen MR) is 80.0 cm³/mol. The number of carbonyl (C=O) groups excluding carboxylic acids is 1. The molecule has 0 spiro atoms.